The van der Waals surface area contributed by atoms with Crippen molar-refractivity contribution in [2.24, 2.45) is 0 Å². The minimum absolute atomic E-state index is 0. The largest absolute Gasteiger partial charge is 4.00 e. The van der Waals surface area contributed by atoms with Crippen molar-refractivity contribution < 1.29 is 148 Å². The molecule has 0 fully saturated rings. The van der Waals surface area contributed by atoms with E-state index in [0.717, 1.165) is 6.92 Å². The molecule has 10 heavy (non-hydrogen) atoms. The standard InChI is InChI=1S/C2H4O2.4ClH.Cs.Ru/c1-2(3)4;;;;;;/h1H3,(H,3,4);4*1H;;/q;;;;;+1;+4/p-5. The van der Waals surface area contributed by atoms with Crippen molar-refractivity contribution in [1.29, 1.82) is 0 Å². The van der Waals surface area contributed by atoms with Gasteiger partial charge in [-0.1, -0.05) is 0 Å². The Labute approximate surface area is 157 Å². The fourth-order valence-electron chi connectivity index (χ4n) is 0. The van der Waals surface area contributed by atoms with Gasteiger partial charge in [-0.05, 0) is 6.92 Å². The van der Waals surface area contributed by atoms with Gasteiger partial charge in [-0.15, -0.1) is 0 Å². The summed E-state index contributed by atoms with van der Waals surface area (Å²) in [6.45, 7) is 0.972. The molecule has 0 saturated carbocycles. The molecule has 0 rings (SSSR count). The maximum absolute atomic E-state index is 8.89. The number of hydrogen-bond acceptors (Lipinski definition) is 2. The van der Waals surface area contributed by atoms with Gasteiger partial charge in [-0.25, -0.2) is 0 Å². The minimum atomic E-state index is -1.08. The number of carbonyl (C=O) groups is 1. The van der Waals surface area contributed by atoms with Gasteiger partial charge >= 0.3 is 88.4 Å². The van der Waals surface area contributed by atoms with Gasteiger partial charge in [0.05, 0.1) is 0 Å². The van der Waals surface area contributed by atoms with E-state index in [-0.39, 0.29) is 138 Å². The smallest absolute Gasteiger partial charge is 1.00 e. The van der Waals surface area contributed by atoms with Crippen molar-refractivity contribution in [2.45, 2.75) is 6.92 Å². The predicted molar refractivity (Wildman–Crippen MR) is 10.7 cm³/mol. The number of hydrogen-bond donors (Lipinski definition) is 0. The molecule has 0 aliphatic heterocycles. The second-order valence-electron chi connectivity index (χ2n) is 0.492. The summed E-state index contributed by atoms with van der Waals surface area (Å²) in [5.74, 6) is -1.08. The monoisotopic (exact) mass is 434 g/mol. The van der Waals surface area contributed by atoms with Gasteiger partial charge in [0, 0.05) is 5.97 Å². The van der Waals surface area contributed by atoms with E-state index in [1.165, 1.54) is 0 Å². The SMILES string of the molecule is CC(=O)[O-].[Cl-].[Cl-].[Cl-].[Cl-].[Cs+].[Ru+4]. The normalized spacial score (nSPS) is 2.50. The summed E-state index contributed by atoms with van der Waals surface area (Å²) < 4.78 is 0. The van der Waals surface area contributed by atoms with Gasteiger partial charge in [0.2, 0.25) is 0 Å². The molecule has 60 valence electrons. The summed E-state index contributed by atoms with van der Waals surface area (Å²) in [6.07, 6.45) is 0. The number of carbonyl (C=O) groups excluding carboxylic acids is 1. The first kappa shape index (κ1) is 50.7. The Bertz CT molecular complexity index is 44.2. The zero-order valence-corrected chi connectivity index (χ0v) is 16.2. The van der Waals surface area contributed by atoms with Crippen LogP contribution in [0.1, 0.15) is 6.92 Å². The topological polar surface area (TPSA) is 40.1 Å². The number of halogens is 4. The molecule has 0 aliphatic carbocycles. The summed E-state index contributed by atoms with van der Waals surface area (Å²) in [4.78, 5) is 8.89. The summed E-state index contributed by atoms with van der Waals surface area (Å²) in [7, 11) is 0. The van der Waals surface area contributed by atoms with Crippen molar-refractivity contribution in [3.05, 3.63) is 0 Å². The van der Waals surface area contributed by atoms with Crippen LogP contribution in [0.5, 0.6) is 0 Å². The van der Waals surface area contributed by atoms with Gasteiger partial charge in [-0.2, -0.15) is 0 Å². The van der Waals surface area contributed by atoms with E-state index < -0.39 is 5.97 Å². The molecule has 8 heteroatoms. The van der Waals surface area contributed by atoms with Crippen LogP contribution in [0.15, 0.2) is 0 Å². The molecular weight excluding hydrogens is 432 g/mol. The number of carboxylic acid groups (broad SMARTS) is 1. The summed E-state index contributed by atoms with van der Waals surface area (Å²) in [5.41, 5.74) is 0. The molecule has 0 heterocycles. The summed E-state index contributed by atoms with van der Waals surface area (Å²) in [6, 6.07) is 0. The number of rotatable bonds is 0. The number of carboxylic acids is 1. The van der Waals surface area contributed by atoms with Crippen molar-refractivity contribution in [2.75, 3.05) is 0 Å². The first-order valence-electron chi connectivity index (χ1n) is 0.908. The molecular formula is C2H3Cl4CsO2Ru. The Kier molecular flexibility index (Phi) is 200. The van der Waals surface area contributed by atoms with Gasteiger partial charge in [0.1, 0.15) is 0 Å². The Hall–Kier alpha value is 3.31. The van der Waals surface area contributed by atoms with Gasteiger partial charge in [0.15, 0.2) is 0 Å². The Morgan fingerprint density at radius 3 is 1.10 bits per heavy atom. The fraction of sp³-hybridized carbons (Fsp3) is 0.500. The molecule has 0 N–H and O–H groups in total. The van der Waals surface area contributed by atoms with Crippen LogP contribution in [-0.4, -0.2) is 5.97 Å². The zero-order chi connectivity index (χ0) is 3.58. The van der Waals surface area contributed by atoms with Crippen LogP contribution in [0.3, 0.4) is 0 Å². The summed E-state index contributed by atoms with van der Waals surface area (Å²) in [5, 5.41) is 8.89. The van der Waals surface area contributed by atoms with Crippen LogP contribution < -0.4 is 124 Å². The van der Waals surface area contributed by atoms with E-state index >= 15 is 0 Å². The quantitative estimate of drug-likeness (QED) is 0.355. The first-order valence-corrected chi connectivity index (χ1v) is 0.908. The van der Waals surface area contributed by atoms with Crippen molar-refractivity contribution in [3.8, 4) is 0 Å². The average Bonchev–Trinajstić information content (AvgIpc) is 0.811. The van der Waals surface area contributed by atoms with Gasteiger partial charge < -0.3 is 59.5 Å². The second kappa shape index (κ2) is 39.6. The van der Waals surface area contributed by atoms with E-state index in [1.807, 2.05) is 0 Å². The predicted octanol–water partition coefficient (Wildman–Crippen LogP) is -16.2. The van der Waals surface area contributed by atoms with Crippen LogP contribution in [-0.2, 0) is 24.3 Å². The van der Waals surface area contributed by atoms with Crippen LogP contribution in [0.25, 0.3) is 0 Å². The molecule has 0 unspecified atom stereocenters. The molecule has 0 aromatic carbocycles. The molecule has 0 aromatic rings. The van der Waals surface area contributed by atoms with E-state index in [0.29, 0.717) is 0 Å². The molecule has 0 aromatic heterocycles. The van der Waals surface area contributed by atoms with Crippen LogP contribution in [0, 0.1) is 0 Å². The molecule has 0 bridgehead atoms. The van der Waals surface area contributed by atoms with Crippen LogP contribution in [0.4, 0.5) is 0 Å². The fourth-order valence-corrected chi connectivity index (χ4v) is 0. The maximum atomic E-state index is 8.89. The van der Waals surface area contributed by atoms with E-state index in [1.54, 1.807) is 0 Å². The average molecular weight is 435 g/mol. The maximum Gasteiger partial charge on any atom is 4.00 e. The van der Waals surface area contributed by atoms with Crippen molar-refractivity contribution >= 4 is 5.97 Å². The molecule has 2 nitrogen and oxygen atoms in total. The first-order chi connectivity index (χ1) is 1.73. The third-order valence-electron chi connectivity index (χ3n) is 0. The Morgan fingerprint density at radius 1 is 1.10 bits per heavy atom. The van der Waals surface area contributed by atoms with Crippen LogP contribution >= 0.6 is 0 Å². The molecule has 0 saturated heterocycles. The van der Waals surface area contributed by atoms with E-state index in [9.17, 15) is 0 Å². The Balaban J connectivity index is -0.00000000300. The third-order valence-corrected chi connectivity index (χ3v) is 0. The van der Waals surface area contributed by atoms with Gasteiger partial charge in [-0.3, -0.25) is 0 Å². The third kappa shape index (κ3) is 110. The van der Waals surface area contributed by atoms with Crippen LogP contribution in [0.2, 0.25) is 0 Å². The second-order valence-corrected chi connectivity index (χ2v) is 0.492. The van der Waals surface area contributed by atoms with E-state index in [4.69, 9.17) is 9.90 Å². The van der Waals surface area contributed by atoms with E-state index in [2.05, 4.69) is 0 Å². The Morgan fingerprint density at radius 2 is 1.10 bits per heavy atom. The molecule has 0 aliphatic rings. The molecule has 0 spiro atoms. The number of aliphatic carboxylic acids is 1. The zero-order valence-electron chi connectivity index (χ0n) is 5.18. The summed E-state index contributed by atoms with van der Waals surface area (Å²) >= 11 is 0. The van der Waals surface area contributed by atoms with Crippen molar-refractivity contribution in [1.82, 2.24) is 0 Å². The minimum Gasteiger partial charge on any atom is -1.00 e. The van der Waals surface area contributed by atoms with Gasteiger partial charge in [0.25, 0.3) is 0 Å². The molecule has 0 radical (unpaired) electrons. The molecule has 0 amide bonds. The van der Waals surface area contributed by atoms with Crippen molar-refractivity contribution in [3.63, 3.8) is 0 Å². The molecule has 0 atom stereocenters.